The summed E-state index contributed by atoms with van der Waals surface area (Å²) in [5, 5.41) is 3.11. The van der Waals surface area contributed by atoms with Crippen LogP contribution in [0.15, 0.2) is 36.4 Å². The van der Waals surface area contributed by atoms with E-state index in [4.69, 9.17) is 23.7 Å². The molecule has 0 radical (unpaired) electrons. The lowest BCUT2D eigenvalue weighted by Gasteiger charge is -2.65. The number of ether oxygens (including phenoxy) is 5. The van der Waals surface area contributed by atoms with Crippen LogP contribution < -0.4 is 24.3 Å². The van der Waals surface area contributed by atoms with E-state index < -0.39 is 11.9 Å². The summed E-state index contributed by atoms with van der Waals surface area (Å²) in [6.07, 6.45) is 7.37. The maximum Gasteiger partial charge on any atom is 0.402 e. The highest BCUT2D eigenvalue weighted by Gasteiger charge is 2.60. The quantitative estimate of drug-likeness (QED) is 0.240. The van der Waals surface area contributed by atoms with Crippen LogP contribution in [-0.2, 0) is 32.0 Å². The molecule has 4 aliphatic carbocycles. The van der Waals surface area contributed by atoms with Gasteiger partial charge in [0.25, 0.3) is 0 Å². The van der Waals surface area contributed by atoms with E-state index in [-0.39, 0.29) is 39.9 Å². The standard InChI is InChI=1S/C35H43NO8/c1-33-14-23-15-34(2,18-33)20-35(16-23,19-33)36-30(37)32(39)44-27-9-7-22(13-29(27)42-5)11-25-24(17-43-31(25)38)10-21-6-8-26(40-3)28(12-21)41-4/h6-9,12-13,23-25H,10-11,14-20H2,1-5H3,(H,36,37)/t23?,24-,25+,33?,34?,35?/m0/s1. The van der Waals surface area contributed by atoms with Crippen LogP contribution in [0.5, 0.6) is 23.0 Å². The molecule has 44 heavy (non-hydrogen) atoms. The number of hydrogen-bond acceptors (Lipinski definition) is 8. The van der Waals surface area contributed by atoms with Gasteiger partial charge in [0.15, 0.2) is 23.0 Å². The van der Waals surface area contributed by atoms with E-state index in [1.54, 1.807) is 32.4 Å². The molecule has 0 spiro atoms. The van der Waals surface area contributed by atoms with E-state index in [0.29, 0.717) is 42.6 Å². The van der Waals surface area contributed by atoms with Crippen LogP contribution in [0.25, 0.3) is 0 Å². The second kappa shape index (κ2) is 11.3. The maximum absolute atomic E-state index is 13.1. The van der Waals surface area contributed by atoms with Crippen LogP contribution >= 0.6 is 0 Å². The number of carbonyl (C=O) groups is 3. The number of rotatable bonds is 9. The summed E-state index contributed by atoms with van der Waals surface area (Å²) in [7, 11) is 4.67. The van der Waals surface area contributed by atoms with E-state index in [2.05, 4.69) is 19.2 Å². The number of nitrogens with one attached hydrogen (secondary N) is 1. The van der Waals surface area contributed by atoms with Crippen molar-refractivity contribution in [1.82, 2.24) is 5.32 Å². The summed E-state index contributed by atoms with van der Waals surface area (Å²) in [6.45, 7) is 4.98. The monoisotopic (exact) mass is 605 g/mol. The molecule has 5 fully saturated rings. The second-order valence-corrected chi connectivity index (χ2v) is 14.3. The van der Waals surface area contributed by atoms with Gasteiger partial charge in [-0.2, -0.15) is 0 Å². The van der Waals surface area contributed by atoms with E-state index in [0.717, 1.165) is 30.4 Å². The molecule has 5 aliphatic rings. The minimum absolute atomic E-state index is 0.0260. The number of amides is 1. The predicted molar refractivity (Wildman–Crippen MR) is 162 cm³/mol. The average molecular weight is 606 g/mol. The van der Waals surface area contributed by atoms with Crippen LogP contribution in [-0.4, -0.2) is 51.3 Å². The number of benzene rings is 2. The smallest absolute Gasteiger partial charge is 0.402 e. The van der Waals surface area contributed by atoms with E-state index in [1.165, 1.54) is 26.4 Å². The van der Waals surface area contributed by atoms with Crippen molar-refractivity contribution in [1.29, 1.82) is 0 Å². The maximum atomic E-state index is 13.1. The molecule has 4 bridgehead atoms. The zero-order valence-electron chi connectivity index (χ0n) is 26.3. The molecule has 4 atom stereocenters. The third-order valence-electron chi connectivity index (χ3n) is 10.3. The van der Waals surface area contributed by atoms with Gasteiger partial charge in [0.1, 0.15) is 0 Å². The van der Waals surface area contributed by atoms with Crippen LogP contribution in [0.3, 0.4) is 0 Å². The van der Waals surface area contributed by atoms with Crippen molar-refractivity contribution in [2.75, 3.05) is 27.9 Å². The Labute approximate surface area is 258 Å². The largest absolute Gasteiger partial charge is 0.493 e. The highest BCUT2D eigenvalue weighted by atomic mass is 16.6. The first-order chi connectivity index (χ1) is 20.9. The highest BCUT2D eigenvalue weighted by molar-refractivity contribution is 6.33. The van der Waals surface area contributed by atoms with Crippen LogP contribution in [0.1, 0.15) is 63.5 Å². The molecule has 9 nitrogen and oxygen atoms in total. The first-order valence-corrected chi connectivity index (χ1v) is 15.5. The predicted octanol–water partition coefficient (Wildman–Crippen LogP) is 5.06. The summed E-state index contributed by atoms with van der Waals surface area (Å²) in [4.78, 5) is 38.9. The van der Waals surface area contributed by atoms with Gasteiger partial charge in [-0.25, -0.2) is 4.79 Å². The van der Waals surface area contributed by atoms with Gasteiger partial charge < -0.3 is 29.0 Å². The molecule has 236 valence electrons. The van der Waals surface area contributed by atoms with Gasteiger partial charge >= 0.3 is 17.8 Å². The highest BCUT2D eigenvalue weighted by Crippen LogP contribution is 2.66. The Balaban J connectivity index is 1.11. The fraction of sp³-hybridized carbons (Fsp3) is 0.571. The Morgan fingerprint density at radius 1 is 0.818 bits per heavy atom. The third-order valence-corrected chi connectivity index (χ3v) is 10.3. The second-order valence-electron chi connectivity index (χ2n) is 14.3. The lowest BCUT2D eigenvalue weighted by Crippen LogP contribution is -2.66. The Morgan fingerprint density at radius 3 is 2.02 bits per heavy atom. The van der Waals surface area contributed by atoms with Crippen molar-refractivity contribution in [2.24, 2.45) is 28.6 Å². The molecule has 9 heteroatoms. The van der Waals surface area contributed by atoms with Crippen LogP contribution in [0, 0.1) is 28.6 Å². The first kappa shape index (κ1) is 30.3. The van der Waals surface area contributed by atoms with Crippen molar-refractivity contribution < 1.29 is 38.1 Å². The van der Waals surface area contributed by atoms with Crippen LogP contribution in [0.4, 0.5) is 0 Å². The molecule has 2 aromatic rings. The average Bonchev–Trinajstić information content (AvgIpc) is 3.29. The molecule has 0 aromatic heterocycles. The Hall–Kier alpha value is -3.75. The molecular weight excluding hydrogens is 562 g/mol. The van der Waals surface area contributed by atoms with Gasteiger partial charge in [-0.1, -0.05) is 26.0 Å². The molecule has 2 unspecified atom stereocenters. The lowest BCUT2D eigenvalue weighted by atomic mass is 9.43. The summed E-state index contributed by atoms with van der Waals surface area (Å²) in [5.74, 6) is 0.0736. The van der Waals surface area contributed by atoms with E-state index in [9.17, 15) is 14.4 Å². The first-order valence-electron chi connectivity index (χ1n) is 15.5. The topological polar surface area (TPSA) is 109 Å². The molecule has 2 aromatic carbocycles. The van der Waals surface area contributed by atoms with E-state index in [1.807, 2.05) is 18.2 Å². The van der Waals surface area contributed by atoms with Gasteiger partial charge in [0, 0.05) is 11.5 Å². The number of carbonyl (C=O) groups excluding carboxylic acids is 3. The zero-order valence-corrected chi connectivity index (χ0v) is 26.3. The van der Waals surface area contributed by atoms with Gasteiger partial charge in [-0.3, -0.25) is 9.59 Å². The van der Waals surface area contributed by atoms with Gasteiger partial charge in [-0.15, -0.1) is 0 Å². The molecule has 1 heterocycles. The summed E-state index contributed by atoms with van der Waals surface area (Å²) >= 11 is 0. The minimum atomic E-state index is -0.948. The zero-order chi connectivity index (χ0) is 31.3. The van der Waals surface area contributed by atoms with Gasteiger partial charge in [0.2, 0.25) is 0 Å². The van der Waals surface area contributed by atoms with Gasteiger partial charge in [-0.05, 0) is 104 Å². The Kier molecular flexibility index (Phi) is 7.79. The van der Waals surface area contributed by atoms with Crippen molar-refractivity contribution in [3.8, 4) is 23.0 Å². The van der Waals surface area contributed by atoms with Crippen molar-refractivity contribution in [2.45, 2.75) is 70.8 Å². The fourth-order valence-electron chi connectivity index (χ4n) is 9.57. The Morgan fingerprint density at radius 2 is 1.41 bits per heavy atom. The molecule has 1 amide bonds. The minimum Gasteiger partial charge on any atom is -0.493 e. The molecule has 1 N–H and O–H groups in total. The van der Waals surface area contributed by atoms with Crippen molar-refractivity contribution in [3.05, 3.63) is 47.5 Å². The van der Waals surface area contributed by atoms with Gasteiger partial charge in [0.05, 0.1) is 33.9 Å². The summed E-state index contributed by atoms with van der Waals surface area (Å²) in [6, 6.07) is 10.9. The third kappa shape index (κ3) is 5.85. The molecule has 1 saturated heterocycles. The fourth-order valence-corrected chi connectivity index (χ4v) is 9.57. The SMILES string of the molecule is COc1ccc(C[C@H]2COC(=O)[C@@H]2Cc2ccc(OC(=O)C(=O)NC34CC5CC(C)(CC(C)(C5)C3)C4)c(OC)c2)cc1OC. The molecule has 7 rings (SSSR count). The number of methoxy groups -OCH3 is 3. The van der Waals surface area contributed by atoms with Crippen molar-refractivity contribution in [3.63, 3.8) is 0 Å². The lowest BCUT2D eigenvalue weighted by molar-refractivity contribution is -0.155. The molecular formula is C35H43NO8. The van der Waals surface area contributed by atoms with E-state index >= 15 is 0 Å². The molecule has 1 aliphatic heterocycles. The summed E-state index contributed by atoms with van der Waals surface area (Å²) < 4.78 is 27.3. The van der Waals surface area contributed by atoms with Crippen molar-refractivity contribution >= 4 is 17.8 Å². The number of cyclic esters (lactones) is 1. The number of hydrogen-bond donors (Lipinski definition) is 1. The Bertz CT molecular complexity index is 1450. The molecule has 4 saturated carbocycles. The normalized spacial score (nSPS) is 31.8. The number of esters is 2. The van der Waals surface area contributed by atoms with Crippen LogP contribution in [0.2, 0.25) is 0 Å². The summed E-state index contributed by atoms with van der Waals surface area (Å²) in [5.41, 5.74) is 1.91.